The Morgan fingerprint density at radius 1 is 1.23 bits per heavy atom. The van der Waals surface area contributed by atoms with Gasteiger partial charge >= 0.3 is 5.97 Å². The number of esters is 1. The summed E-state index contributed by atoms with van der Waals surface area (Å²) in [6, 6.07) is 2.67. The number of alkyl halides is 1. The van der Waals surface area contributed by atoms with Gasteiger partial charge in [-0.05, 0) is 46.8 Å². The Kier molecular flexibility index (Phi) is 6.48. The molecule has 1 aromatic carbocycles. The lowest BCUT2D eigenvalue weighted by Gasteiger charge is -2.27. The van der Waals surface area contributed by atoms with E-state index < -0.39 is 44.6 Å². The van der Waals surface area contributed by atoms with Gasteiger partial charge in [0.1, 0.15) is 17.3 Å². The predicted octanol–water partition coefficient (Wildman–Crippen LogP) is 2.72. The number of nitrogens with one attached hydrogen (secondary N) is 1. The van der Waals surface area contributed by atoms with Crippen LogP contribution < -0.4 is 4.72 Å². The monoisotopic (exact) mass is 390 g/mol. The summed E-state index contributed by atoms with van der Waals surface area (Å²) in [7, 11) is -4.22. The summed E-state index contributed by atoms with van der Waals surface area (Å²) in [6.07, 6.45) is -0.436. The molecule has 0 bridgehead atoms. The number of benzene rings is 1. The molecule has 0 aliphatic heterocycles. The number of nitrogens with zero attached hydrogens (tertiary/aromatic N) is 1. The lowest BCUT2D eigenvalue weighted by molar-refractivity contribution is -0.384. The van der Waals surface area contributed by atoms with E-state index in [-0.39, 0.29) is 10.6 Å². The molecule has 0 spiro atoms. The van der Waals surface area contributed by atoms with Gasteiger partial charge in [0, 0.05) is 18.6 Å². The molecule has 1 atom stereocenters. The van der Waals surface area contributed by atoms with Crippen molar-refractivity contribution in [3.63, 3.8) is 0 Å². The van der Waals surface area contributed by atoms with E-state index in [1.807, 2.05) is 0 Å². The highest BCUT2D eigenvalue weighted by molar-refractivity contribution is 7.89. The Morgan fingerprint density at radius 3 is 2.12 bits per heavy atom. The minimum Gasteiger partial charge on any atom is -0.459 e. The maximum absolute atomic E-state index is 14.0. The third-order valence-electron chi connectivity index (χ3n) is 3.04. The molecule has 0 heterocycles. The van der Waals surface area contributed by atoms with Gasteiger partial charge in [0.15, 0.2) is 0 Å². The summed E-state index contributed by atoms with van der Waals surface area (Å²) in [5.74, 6) is -0.909. The number of carbonyl (C=O) groups excluding carboxylic acids is 1. The highest BCUT2D eigenvalue weighted by atomic mass is 32.2. The fourth-order valence-corrected chi connectivity index (χ4v) is 3.22. The van der Waals surface area contributed by atoms with E-state index in [1.54, 1.807) is 20.8 Å². The fraction of sp³-hybridized carbons (Fsp3) is 0.562. The number of non-ortho nitro benzene ring substituents is 1. The number of hydrogen-bond acceptors (Lipinski definition) is 6. The second-order valence-electron chi connectivity index (χ2n) is 7.38. The maximum atomic E-state index is 14.0. The third kappa shape index (κ3) is 7.04. The van der Waals surface area contributed by atoms with Crippen LogP contribution in [0.15, 0.2) is 29.2 Å². The first kappa shape index (κ1) is 22.0. The molecule has 10 heteroatoms. The first-order valence-corrected chi connectivity index (χ1v) is 9.28. The Bertz CT molecular complexity index is 763. The summed E-state index contributed by atoms with van der Waals surface area (Å²) in [4.78, 5) is 22.0. The number of halogens is 1. The number of sulfonamides is 1. The van der Waals surface area contributed by atoms with Crippen LogP contribution in [0.1, 0.15) is 41.0 Å². The van der Waals surface area contributed by atoms with Gasteiger partial charge in [0.05, 0.1) is 9.82 Å². The lowest BCUT2D eigenvalue weighted by Crippen LogP contribution is -2.46. The zero-order valence-electron chi connectivity index (χ0n) is 15.3. The van der Waals surface area contributed by atoms with E-state index in [2.05, 4.69) is 4.72 Å². The molecule has 0 aromatic heterocycles. The molecular formula is C16H23FN2O6S. The van der Waals surface area contributed by atoms with E-state index in [4.69, 9.17) is 4.74 Å². The predicted molar refractivity (Wildman–Crippen MR) is 92.9 cm³/mol. The molecule has 146 valence electrons. The van der Waals surface area contributed by atoms with Crippen LogP contribution in [0.3, 0.4) is 0 Å². The van der Waals surface area contributed by atoms with E-state index in [0.717, 1.165) is 24.3 Å². The summed E-state index contributed by atoms with van der Waals surface area (Å²) in [5, 5.41) is 10.7. The van der Waals surface area contributed by atoms with E-state index in [1.165, 1.54) is 13.8 Å². The molecule has 8 nitrogen and oxygen atoms in total. The van der Waals surface area contributed by atoms with Crippen molar-refractivity contribution in [3.8, 4) is 0 Å². The fourth-order valence-electron chi connectivity index (χ4n) is 2.03. The van der Waals surface area contributed by atoms with E-state index in [9.17, 15) is 27.7 Å². The lowest BCUT2D eigenvalue weighted by atomic mass is 10.0. The van der Waals surface area contributed by atoms with E-state index >= 15 is 0 Å². The number of nitro groups is 1. The quantitative estimate of drug-likeness (QED) is 0.435. The molecule has 0 radical (unpaired) electrons. The van der Waals surface area contributed by atoms with Crippen LogP contribution in [0.5, 0.6) is 0 Å². The second-order valence-corrected chi connectivity index (χ2v) is 9.10. The molecule has 26 heavy (non-hydrogen) atoms. The largest absolute Gasteiger partial charge is 0.459 e. The van der Waals surface area contributed by atoms with Crippen LogP contribution in [0.2, 0.25) is 0 Å². The van der Waals surface area contributed by atoms with Gasteiger partial charge in [-0.25, -0.2) is 12.8 Å². The zero-order valence-corrected chi connectivity index (χ0v) is 16.1. The molecule has 0 unspecified atom stereocenters. The van der Waals surface area contributed by atoms with Crippen molar-refractivity contribution in [2.45, 2.75) is 63.2 Å². The van der Waals surface area contributed by atoms with Crippen LogP contribution in [0.4, 0.5) is 10.1 Å². The normalized spacial score (nSPS) is 13.9. The maximum Gasteiger partial charge on any atom is 0.324 e. The number of ether oxygens (including phenoxy) is 1. The van der Waals surface area contributed by atoms with Crippen LogP contribution in [-0.2, 0) is 19.6 Å². The molecule has 1 rings (SSSR count). The molecule has 0 saturated carbocycles. The smallest absolute Gasteiger partial charge is 0.324 e. The number of rotatable bonds is 7. The number of hydrogen-bond donors (Lipinski definition) is 1. The van der Waals surface area contributed by atoms with Gasteiger partial charge in [-0.2, -0.15) is 4.72 Å². The zero-order chi connectivity index (χ0) is 20.3. The minimum atomic E-state index is -4.22. The van der Waals surface area contributed by atoms with Gasteiger partial charge in [0.2, 0.25) is 10.0 Å². The van der Waals surface area contributed by atoms with Crippen LogP contribution in [0.25, 0.3) is 0 Å². The SMILES string of the molecule is CC(C)(F)C[C@H](NS(=O)(=O)c1ccc([N+](=O)[O-])cc1)C(=O)OC(C)(C)C. The number of carbonyl (C=O) groups is 1. The summed E-state index contributed by atoms with van der Waals surface area (Å²) in [5.41, 5.74) is -2.99. The highest BCUT2D eigenvalue weighted by Crippen LogP contribution is 2.22. The molecule has 0 aliphatic carbocycles. The Morgan fingerprint density at radius 2 is 1.73 bits per heavy atom. The van der Waals surface area contributed by atoms with Crippen molar-refractivity contribution in [3.05, 3.63) is 34.4 Å². The third-order valence-corrected chi connectivity index (χ3v) is 4.52. The van der Waals surface area contributed by atoms with Gasteiger partial charge < -0.3 is 4.74 Å². The van der Waals surface area contributed by atoms with Gasteiger partial charge in [-0.1, -0.05) is 0 Å². The van der Waals surface area contributed by atoms with Crippen molar-refractivity contribution in [2.24, 2.45) is 0 Å². The average Bonchev–Trinajstić information content (AvgIpc) is 2.43. The highest BCUT2D eigenvalue weighted by Gasteiger charge is 2.34. The molecular weight excluding hydrogens is 367 g/mol. The number of nitro benzene ring substituents is 1. The van der Waals surface area contributed by atoms with Crippen molar-refractivity contribution >= 4 is 21.7 Å². The van der Waals surface area contributed by atoms with Crippen molar-refractivity contribution in [2.75, 3.05) is 0 Å². The standard InChI is InChI=1S/C16H23FN2O6S/c1-15(2,3)25-14(20)13(10-16(4,5)17)18-26(23,24)12-8-6-11(7-9-12)19(21)22/h6-9,13,18H,10H2,1-5H3/t13-/m0/s1. The average molecular weight is 390 g/mol. The molecule has 1 N–H and O–H groups in total. The molecule has 0 amide bonds. The Labute approximate surface area is 151 Å². The van der Waals surface area contributed by atoms with Crippen LogP contribution in [0, 0.1) is 10.1 Å². The topological polar surface area (TPSA) is 116 Å². The first-order valence-electron chi connectivity index (χ1n) is 7.79. The Balaban J connectivity index is 3.11. The molecule has 0 aliphatic rings. The molecule has 0 saturated heterocycles. The first-order chi connectivity index (χ1) is 11.6. The molecule has 1 aromatic rings. The molecule has 0 fully saturated rings. The summed E-state index contributed by atoms with van der Waals surface area (Å²) >= 11 is 0. The van der Waals surface area contributed by atoms with Crippen LogP contribution >= 0.6 is 0 Å². The second kappa shape index (κ2) is 7.67. The summed E-state index contributed by atoms with van der Waals surface area (Å²) in [6.45, 7) is 7.24. The van der Waals surface area contributed by atoms with Gasteiger partial charge in [-0.15, -0.1) is 0 Å². The minimum absolute atomic E-state index is 0.280. The van der Waals surface area contributed by atoms with Gasteiger partial charge in [-0.3, -0.25) is 14.9 Å². The van der Waals surface area contributed by atoms with Gasteiger partial charge in [0.25, 0.3) is 5.69 Å². The Hall–Kier alpha value is -2.07. The summed E-state index contributed by atoms with van der Waals surface area (Å²) < 4.78 is 46.3. The van der Waals surface area contributed by atoms with Crippen molar-refractivity contribution < 1.29 is 27.3 Å². The van der Waals surface area contributed by atoms with E-state index in [0.29, 0.717) is 0 Å². The van der Waals surface area contributed by atoms with Crippen molar-refractivity contribution in [1.29, 1.82) is 0 Å². The van der Waals surface area contributed by atoms with Crippen molar-refractivity contribution in [1.82, 2.24) is 4.72 Å². The van der Waals surface area contributed by atoms with Crippen LogP contribution in [-0.4, -0.2) is 36.6 Å².